The molecule has 0 aromatic heterocycles. The van der Waals surface area contributed by atoms with E-state index in [2.05, 4.69) is 240 Å². The molecule has 0 saturated heterocycles. The van der Waals surface area contributed by atoms with E-state index in [0.717, 1.165) is 24.2 Å². The molecule has 2 nitrogen and oxygen atoms in total. The first-order chi connectivity index (χ1) is 32.7. The lowest BCUT2D eigenvalue weighted by atomic mass is 9.82. The van der Waals surface area contributed by atoms with E-state index in [4.69, 9.17) is 0 Å². The Morgan fingerprint density at radius 2 is 0.773 bits per heavy atom. The van der Waals surface area contributed by atoms with Crippen molar-refractivity contribution in [1.82, 2.24) is 0 Å². The number of fused-ring (bicyclic) bond motifs is 6. The summed E-state index contributed by atoms with van der Waals surface area (Å²) >= 11 is 3.70. The van der Waals surface area contributed by atoms with E-state index < -0.39 is 0 Å². The molecule has 13 rings (SSSR count). The van der Waals surface area contributed by atoms with Gasteiger partial charge >= 0.3 is 0 Å². The van der Waals surface area contributed by atoms with Crippen molar-refractivity contribution >= 4 is 90.3 Å². The lowest BCUT2D eigenvalue weighted by molar-refractivity contribution is 1.06. The topological polar surface area (TPSA) is 6.48 Å². The lowest BCUT2D eigenvalue weighted by Crippen LogP contribution is -2.15. The van der Waals surface area contributed by atoms with Crippen molar-refractivity contribution in [2.24, 2.45) is 0 Å². The average Bonchev–Trinajstić information content (AvgIpc) is 3.39. The molecule has 0 unspecified atom stereocenters. The number of hydrogen-bond acceptors (Lipinski definition) is 4. The Kier molecular flexibility index (Phi) is 9.54. The van der Waals surface area contributed by atoms with Gasteiger partial charge in [-0.2, -0.15) is 0 Å². The summed E-state index contributed by atoms with van der Waals surface area (Å²) in [6, 6.07) is 80.7. The smallest absolute Gasteiger partial charge is 0.0601 e. The molecule has 0 atom stereocenters. The van der Waals surface area contributed by atoms with Crippen LogP contribution >= 0.6 is 23.5 Å². The van der Waals surface area contributed by atoms with E-state index in [-0.39, 0.29) is 0 Å². The molecular weight excluding hydrogens is 837 g/mol. The average molecular weight is 879 g/mol. The van der Waals surface area contributed by atoms with Gasteiger partial charge in [0.2, 0.25) is 0 Å². The van der Waals surface area contributed by atoms with Crippen LogP contribution in [0.25, 0.3) is 54.9 Å². The van der Waals surface area contributed by atoms with Crippen LogP contribution in [-0.4, -0.2) is 0 Å². The van der Waals surface area contributed by atoms with Crippen LogP contribution in [0.1, 0.15) is 24.0 Å². The van der Waals surface area contributed by atoms with Crippen LogP contribution in [0.2, 0.25) is 0 Å². The highest BCUT2D eigenvalue weighted by Gasteiger charge is 2.29. The summed E-state index contributed by atoms with van der Waals surface area (Å²) in [7, 11) is 0. The van der Waals surface area contributed by atoms with Crippen LogP contribution in [0, 0.1) is 0 Å². The molecule has 0 fully saturated rings. The fraction of sp³-hybridized carbons (Fsp3) is 0.0323. The van der Waals surface area contributed by atoms with Crippen LogP contribution < -0.4 is 9.80 Å². The molecule has 0 radical (unpaired) electrons. The molecule has 10 aromatic rings. The van der Waals surface area contributed by atoms with Crippen molar-refractivity contribution in [3.63, 3.8) is 0 Å². The summed E-state index contributed by atoms with van der Waals surface area (Å²) in [4.78, 5) is 9.97. The molecule has 1 aliphatic carbocycles. The molecule has 3 aliphatic rings. The fourth-order valence-corrected chi connectivity index (χ4v) is 12.4. The number of benzene rings is 10. The largest absolute Gasteiger partial charge is 0.308 e. The van der Waals surface area contributed by atoms with Crippen molar-refractivity contribution in [1.29, 1.82) is 0 Å². The van der Waals surface area contributed by atoms with E-state index in [1.54, 1.807) is 0 Å². The van der Waals surface area contributed by atoms with E-state index in [1.807, 2.05) is 23.5 Å². The maximum atomic E-state index is 2.49. The van der Waals surface area contributed by atoms with Gasteiger partial charge in [0, 0.05) is 31.0 Å². The van der Waals surface area contributed by atoms with E-state index >= 15 is 0 Å². The van der Waals surface area contributed by atoms with Crippen LogP contribution in [0.15, 0.2) is 250 Å². The zero-order valence-corrected chi connectivity index (χ0v) is 37.7. The summed E-state index contributed by atoms with van der Waals surface area (Å²) in [5.74, 6) is 0. The molecular formula is C62H42N2S2. The van der Waals surface area contributed by atoms with Crippen LogP contribution in [0.5, 0.6) is 0 Å². The standard InChI is InChI=1S/C62H42N2S2/c1-3-17-41(18-4-1)43-21-15-23-45(37-43)61-49-35-33-48(64-55-27-9-13-31-59(55)66-60-32-14-10-28-56(60)64)40-52(49)62(46-24-16-22-44(38-46)42-19-5-2-6-20-42)50-36-34-47(39-51(50)61)63-53-25-7-11-29-57(53)65-58-30-12-8-26-54(58)63/h1-15,17-23,25-40H,16,24H2. The predicted molar refractivity (Wildman–Crippen MR) is 282 cm³/mol. The minimum Gasteiger partial charge on any atom is -0.308 e. The van der Waals surface area contributed by atoms with E-state index in [0.29, 0.717) is 0 Å². The van der Waals surface area contributed by atoms with Crippen molar-refractivity contribution in [3.05, 3.63) is 242 Å². The second-order valence-electron chi connectivity index (χ2n) is 17.1. The Morgan fingerprint density at radius 1 is 0.333 bits per heavy atom. The van der Waals surface area contributed by atoms with Crippen LogP contribution in [0.3, 0.4) is 0 Å². The third-order valence-electron chi connectivity index (χ3n) is 13.3. The van der Waals surface area contributed by atoms with Gasteiger partial charge in [-0.1, -0.05) is 175 Å². The summed E-state index contributed by atoms with van der Waals surface area (Å²) in [6.07, 6.45) is 6.81. The molecule has 0 amide bonds. The van der Waals surface area contributed by atoms with Crippen LogP contribution in [-0.2, 0) is 0 Å². The van der Waals surface area contributed by atoms with Gasteiger partial charge in [0.1, 0.15) is 0 Å². The maximum absolute atomic E-state index is 2.49. The van der Waals surface area contributed by atoms with Crippen molar-refractivity contribution in [2.45, 2.75) is 32.4 Å². The number of hydrogen-bond donors (Lipinski definition) is 0. The van der Waals surface area contributed by atoms with Gasteiger partial charge in [0.15, 0.2) is 0 Å². The van der Waals surface area contributed by atoms with E-state index in [9.17, 15) is 0 Å². The van der Waals surface area contributed by atoms with Gasteiger partial charge in [-0.25, -0.2) is 0 Å². The zero-order valence-electron chi connectivity index (χ0n) is 36.1. The number of anilines is 6. The van der Waals surface area contributed by atoms with Gasteiger partial charge < -0.3 is 9.80 Å². The predicted octanol–water partition coefficient (Wildman–Crippen LogP) is 18.5. The highest BCUT2D eigenvalue weighted by atomic mass is 32.2. The Labute approximate surface area is 394 Å². The first kappa shape index (κ1) is 38.9. The van der Waals surface area contributed by atoms with Crippen molar-refractivity contribution in [3.8, 4) is 22.3 Å². The van der Waals surface area contributed by atoms with Crippen LogP contribution in [0.4, 0.5) is 34.1 Å². The number of rotatable bonds is 6. The van der Waals surface area contributed by atoms with Crippen molar-refractivity contribution < 1.29 is 0 Å². The highest BCUT2D eigenvalue weighted by molar-refractivity contribution is 8.00. The monoisotopic (exact) mass is 878 g/mol. The quantitative estimate of drug-likeness (QED) is 0.153. The summed E-state index contributed by atoms with van der Waals surface area (Å²) in [6.45, 7) is 0. The minimum atomic E-state index is 0.950. The van der Waals surface area contributed by atoms with Gasteiger partial charge in [-0.3, -0.25) is 0 Å². The van der Waals surface area contributed by atoms with E-state index in [1.165, 1.54) is 108 Å². The highest BCUT2D eigenvalue weighted by Crippen LogP contribution is 2.55. The second-order valence-corrected chi connectivity index (χ2v) is 19.3. The summed E-state index contributed by atoms with van der Waals surface area (Å²) in [5.41, 5.74) is 17.2. The number of para-hydroxylation sites is 4. The van der Waals surface area contributed by atoms with Gasteiger partial charge in [0.05, 0.1) is 22.7 Å². The molecule has 2 heterocycles. The molecule has 2 aliphatic heterocycles. The zero-order chi connectivity index (χ0) is 43.6. The molecule has 4 heteroatoms. The third-order valence-corrected chi connectivity index (χ3v) is 15.5. The van der Waals surface area contributed by atoms with Crippen molar-refractivity contribution in [2.75, 3.05) is 9.80 Å². The van der Waals surface area contributed by atoms with Gasteiger partial charge in [-0.05, 0) is 158 Å². The molecule has 0 saturated carbocycles. The molecule has 0 spiro atoms. The number of nitrogens with zero attached hydrogens (tertiary/aromatic N) is 2. The Bertz CT molecular complexity index is 3520. The summed E-state index contributed by atoms with van der Waals surface area (Å²) in [5, 5.41) is 4.99. The van der Waals surface area contributed by atoms with Gasteiger partial charge in [0.25, 0.3) is 0 Å². The normalized spacial score (nSPS) is 13.9. The third kappa shape index (κ3) is 6.59. The molecule has 10 aromatic carbocycles. The lowest BCUT2D eigenvalue weighted by Gasteiger charge is -2.34. The summed E-state index contributed by atoms with van der Waals surface area (Å²) < 4.78 is 0. The second kappa shape index (κ2) is 16.2. The SMILES string of the molecule is C1=C(c2ccccc2)C=C(c2c3cc(N4c5ccccc5Sc5ccccc54)ccc3c(-c3cccc(-c4ccccc4)c3)c3cc(N4c5ccccc5Sc5ccccc54)ccc23)CC1. The van der Waals surface area contributed by atoms with Gasteiger partial charge in [-0.15, -0.1) is 0 Å². The molecule has 66 heavy (non-hydrogen) atoms. The Balaban J connectivity index is 1.13. The number of allylic oxidation sites excluding steroid dienone is 4. The minimum absolute atomic E-state index is 0.950. The Morgan fingerprint density at radius 3 is 1.32 bits per heavy atom. The fourth-order valence-electron chi connectivity index (χ4n) is 10.3. The first-order valence-electron chi connectivity index (χ1n) is 22.7. The molecule has 0 bridgehead atoms. The maximum Gasteiger partial charge on any atom is 0.0601 e. The first-order valence-corrected chi connectivity index (χ1v) is 24.3. The molecule has 0 N–H and O–H groups in total. The molecule has 312 valence electrons. The Hall–Kier alpha value is -7.50.